The second-order valence-corrected chi connectivity index (χ2v) is 6.49. The van der Waals surface area contributed by atoms with Gasteiger partial charge in [0.05, 0.1) is 5.60 Å². The predicted octanol–water partition coefficient (Wildman–Crippen LogP) is 2.89. The Hall–Kier alpha value is -1.15. The Bertz CT molecular complexity index is 386. The molecule has 124 valence electrons. The maximum atomic E-state index is 12.5. The monoisotopic (exact) mass is 328 g/mol. The van der Waals surface area contributed by atoms with Crippen LogP contribution in [-0.4, -0.2) is 35.4 Å². The number of hydrogen-bond acceptors (Lipinski definition) is 8. The summed E-state index contributed by atoms with van der Waals surface area (Å²) in [6.45, 7) is 8.42. The molecule has 0 bridgehead atoms. The van der Waals surface area contributed by atoms with E-state index < -0.39 is 38.1 Å². The van der Waals surface area contributed by atoms with Gasteiger partial charge in [-0.3, -0.25) is 9.32 Å². The first-order valence-corrected chi connectivity index (χ1v) is 7.53. The maximum Gasteiger partial charge on any atom is 0.508 e. The molecule has 0 aromatic carbocycles. The SMILES string of the molecule is CC(=O)OC(C)OP(=O)(OC(C)OC(=O)O)OC(C)(C)C. The molecule has 10 heteroatoms. The Morgan fingerprint density at radius 2 is 1.48 bits per heavy atom. The van der Waals surface area contributed by atoms with E-state index in [9.17, 15) is 14.2 Å². The van der Waals surface area contributed by atoms with Crippen LogP contribution in [0.3, 0.4) is 0 Å². The van der Waals surface area contributed by atoms with Crippen LogP contribution in [0.15, 0.2) is 0 Å². The summed E-state index contributed by atoms with van der Waals surface area (Å²) < 4.78 is 36.5. The summed E-state index contributed by atoms with van der Waals surface area (Å²) in [6.07, 6.45) is -4.23. The van der Waals surface area contributed by atoms with Gasteiger partial charge < -0.3 is 14.6 Å². The highest BCUT2D eigenvalue weighted by Gasteiger charge is 2.38. The smallest absolute Gasteiger partial charge is 0.450 e. The van der Waals surface area contributed by atoms with E-state index in [1.807, 2.05) is 0 Å². The van der Waals surface area contributed by atoms with Crippen molar-refractivity contribution in [1.82, 2.24) is 0 Å². The van der Waals surface area contributed by atoms with Crippen LogP contribution in [0.4, 0.5) is 4.79 Å². The van der Waals surface area contributed by atoms with Gasteiger partial charge in [-0.1, -0.05) is 0 Å². The summed E-state index contributed by atoms with van der Waals surface area (Å²) in [5, 5.41) is 8.47. The standard InChI is InChI=1S/C11H21O9P/c1-7(12)16-8(2)18-21(15,20-11(4,5)6)19-9(3)17-10(13)14/h8-9H,1-6H3,(H,13,14). The third-order valence-corrected chi connectivity index (χ3v) is 3.42. The zero-order valence-corrected chi connectivity index (χ0v) is 13.7. The van der Waals surface area contributed by atoms with Crippen molar-refractivity contribution in [2.75, 3.05) is 0 Å². The number of carbonyl (C=O) groups is 2. The van der Waals surface area contributed by atoms with E-state index in [0.717, 1.165) is 6.92 Å². The molecule has 0 radical (unpaired) electrons. The zero-order chi connectivity index (χ0) is 16.8. The van der Waals surface area contributed by atoms with Crippen molar-refractivity contribution in [2.45, 2.75) is 59.7 Å². The van der Waals surface area contributed by atoms with E-state index in [1.54, 1.807) is 20.8 Å². The van der Waals surface area contributed by atoms with Crippen LogP contribution in [0, 0.1) is 0 Å². The average Bonchev–Trinajstić information content (AvgIpc) is 2.07. The lowest BCUT2D eigenvalue weighted by Gasteiger charge is -2.28. The minimum absolute atomic E-state index is 0.653. The number of rotatable bonds is 7. The molecule has 0 heterocycles. The van der Waals surface area contributed by atoms with Gasteiger partial charge in [-0.05, 0) is 34.6 Å². The van der Waals surface area contributed by atoms with Crippen LogP contribution >= 0.6 is 7.82 Å². The highest BCUT2D eigenvalue weighted by atomic mass is 31.2. The van der Waals surface area contributed by atoms with Crippen molar-refractivity contribution >= 4 is 19.9 Å². The fourth-order valence-electron chi connectivity index (χ4n) is 1.19. The molecular weight excluding hydrogens is 307 g/mol. The lowest BCUT2D eigenvalue weighted by atomic mass is 10.2. The molecule has 0 fully saturated rings. The van der Waals surface area contributed by atoms with Gasteiger partial charge >= 0.3 is 19.9 Å². The first kappa shape index (κ1) is 19.9. The highest BCUT2D eigenvalue weighted by molar-refractivity contribution is 7.48. The Morgan fingerprint density at radius 1 is 1.05 bits per heavy atom. The van der Waals surface area contributed by atoms with Crippen LogP contribution in [0.1, 0.15) is 41.5 Å². The number of hydrogen-bond donors (Lipinski definition) is 1. The van der Waals surface area contributed by atoms with E-state index in [2.05, 4.69) is 9.47 Å². The third-order valence-electron chi connectivity index (χ3n) is 1.54. The molecule has 0 rings (SSSR count). The summed E-state index contributed by atoms with van der Waals surface area (Å²) in [4.78, 5) is 21.2. The fraction of sp³-hybridized carbons (Fsp3) is 0.818. The van der Waals surface area contributed by atoms with Crippen molar-refractivity contribution in [3.63, 3.8) is 0 Å². The molecule has 3 atom stereocenters. The molecule has 1 N–H and O–H groups in total. The minimum atomic E-state index is -4.23. The highest BCUT2D eigenvalue weighted by Crippen LogP contribution is 2.54. The second kappa shape index (κ2) is 7.74. The Kier molecular flexibility index (Phi) is 7.32. The number of phosphoric ester groups is 1. The average molecular weight is 328 g/mol. The van der Waals surface area contributed by atoms with Gasteiger partial charge in [0.2, 0.25) is 12.6 Å². The van der Waals surface area contributed by atoms with Gasteiger partial charge in [0.25, 0.3) is 0 Å². The molecule has 0 amide bonds. The van der Waals surface area contributed by atoms with E-state index >= 15 is 0 Å². The van der Waals surface area contributed by atoms with Gasteiger partial charge in [-0.2, -0.15) is 0 Å². The molecular formula is C11H21O9P. The normalized spacial score (nSPS) is 17.4. The van der Waals surface area contributed by atoms with E-state index in [-0.39, 0.29) is 0 Å². The van der Waals surface area contributed by atoms with Crippen LogP contribution in [0.25, 0.3) is 0 Å². The minimum Gasteiger partial charge on any atom is -0.450 e. The Balaban J connectivity index is 4.96. The topological polar surface area (TPSA) is 118 Å². The predicted molar refractivity (Wildman–Crippen MR) is 70.4 cm³/mol. The maximum absolute atomic E-state index is 12.5. The van der Waals surface area contributed by atoms with Gasteiger partial charge in [0.15, 0.2) is 0 Å². The summed E-state index contributed by atoms with van der Waals surface area (Å²) in [5.74, 6) is -0.653. The van der Waals surface area contributed by atoms with Crippen molar-refractivity contribution in [1.29, 1.82) is 0 Å². The quantitative estimate of drug-likeness (QED) is 0.427. The van der Waals surface area contributed by atoms with Gasteiger partial charge in [0.1, 0.15) is 0 Å². The van der Waals surface area contributed by atoms with Crippen LogP contribution in [-0.2, 0) is 32.4 Å². The molecule has 0 aromatic heterocycles. The molecule has 0 aliphatic rings. The summed E-state index contributed by atoms with van der Waals surface area (Å²) in [6, 6.07) is 0. The van der Waals surface area contributed by atoms with Crippen molar-refractivity contribution in [3.8, 4) is 0 Å². The third kappa shape index (κ3) is 10.3. The molecule has 0 saturated heterocycles. The van der Waals surface area contributed by atoms with Gasteiger partial charge in [-0.15, -0.1) is 0 Å². The first-order chi connectivity index (χ1) is 9.33. The van der Waals surface area contributed by atoms with Crippen LogP contribution in [0.2, 0.25) is 0 Å². The van der Waals surface area contributed by atoms with Gasteiger partial charge in [0, 0.05) is 6.92 Å². The number of carboxylic acid groups (broad SMARTS) is 1. The number of ether oxygens (including phenoxy) is 2. The lowest BCUT2D eigenvalue weighted by Crippen LogP contribution is -2.25. The molecule has 9 nitrogen and oxygen atoms in total. The van der Waals surface area contributed by atoms with Crippen molar-refractivity contribution in [3.05, 3.63) is 0 Å². The van der Waals surface area contributed by atoms with Crippen molar-refractivity contribution < 1.29 is 42.3 Å². The van der Waals surface area contributed by atoms with Crippen LogP contribution < -0.4 is 0 Å². The van der Waals surface area contributed by atoms with Crippen molar-refractivity contribution in [2.24, 2.45) is 0 Å². The molecule has 0 saturated carbocycles. The first-order valence-electron chi connectivity index (χ1n) is 6.07. The van der Waals surface area contributed by atoms with Crippen LogP contribution in [0.5, 0.6) is 0 Å². The van der Waals surface area contributed by atoms with Gasteiger partial charge in [-0.25, -0.2) is 18.4 Å². The second-order valence-electron chi connectivity index (χ2n) is 4.99. The molecule has 0 aliphatic heterocycles. The van der Waals surface area contributed by atoms with E-state index in [0.29, 0.717) is 0 Å². The molecule has 0 spiro atoms. The number of carbonyl (C=O) groups excluding carboxylic acids is 1. The Labute approximate surface area is 123 Å². The fourth-order valence-corrected chi connectivity index (χ4v) is 2.81. The molecule has 0 aromatic rings. The summed E-state index contributed by atoms with van der Waals surface area (Å²) in [5.41, 5.74) is -0.922. The lowest BCUT2D eigenvalue weighted by molar-refractivity contribution is -0.163. The molecule has 21 heavy (non-hydrogen) atoms. The molecule has 3 unspecified atom stereocenters. The molecule has 0 aliphatic carbocycles. The van der Waals surface area contributed by atoms with E-state index in [1.165, 1.54) is 13.8 Å². The largest absolute Gasteiger partial charge is 0.508 e. The summed E-state index contributed by atoms with van der Waals surface area (Å²) in [7, 11) is -4.23. The van der Waals surface area contributed by atoms with E-state index in [4.69, 9.17) is 18.7 Å². The Morgan fingerprint density at radius 3 is 1.81 bits per heavy atom. The summed E-state index contributed by atoms with van der Waals surface area (Å²) >= 11 is 0. The number of esters is 1. The zero-order valence-electron chi connectivity index (χ0n) is 12.8. The number of phosphoric acid groups is 1.